The molecule has 0 aromatic carbocycles. The van der Waals surface area contributed by atoms with Crippen LogP contribution in [0.3, 0.4) is 0 Å². The van der Waals surface area contributed by atoms with Crippen molar-refractivity contribution >= 4 is 11.8 Å². The predicted molar refractivity (Wildman–Crippen MR) is 68.2 cm³/mol. The molecule has 116 valence electrons. The summed E-state index contributed by atoms with van der Waals surface area (Å²) in [7, 11) is 0. The first-order valence-electron chi connectivity index (χ1n) is 6.65. The van der Waals surface area contributed by atoms with E-state index >= 15 is 0 Å². The summed E-state index contributed by atoms with van der Waals surface area (Å²) in [6, 6.07) is -0.0844. The largest absolute Gasteiger partial charge is 0.375 e. The standard InChI is InChI=1S/C12H21F2N3O3/c13-10(14)8-20-5-3-12(19)17(7-11(15)18)9-2-1-4-16-6-9/h9-10,16H,1-8H2,(H2,15,18). The van der Waals surface area contributed by atoms with Crippen LogP contribution in [-0.2, 0) is 14.3 Å². The van der Waals surface area contributed by atoms with Crippen molar-refractivity contribution in [3.05, 3.63) is 0 Å². The molecule has 0 aromatic rings. The van der Waals surface area contributed by atoms with Crippen molar-refractivity contribution in [2.45, 2.75) is 31.7 Å². The molecular formula is C12H21F2N3O3. The molecule has 20 heavy (non-hydrogen) atoms. The lowest BCUT2D eigenvalue weighted by Crippen LogP contribution is -2.51. The molecule has 0 aliphatic carbocycles. The first-order chi connectivity index (χ1) is 9.50. The number of piperidine rings is 1. The Morgan fingerprint density at radius 1 is 1.45 bits per heavy atom. The first-order valence-corrected chi connectivity index (χ1v) is 6.65. The van der Waals surface area contributed by atoms with E-state index in [0.717, 1.165) is 19.4 Å². The fraction of sp³-hybridized carbons (Fsp3) is 0.833. The molecule has 0 aromatic heterocycles. The summed E-state index contributed by atoms with van der Waals surface area (Å²) in [6.45, 7) is 0.566. The number of amides is 2. The number of nitrogens with zero attached hydrogens (tertiary/aromatic N) is 1. The quantitative estimate of drug-likeness (QED) is 0.603. The fourth-order valence-electron chi connectivity index (χ4n) is 2.16. The van der Waals surface area contributed by atoms with Crippen LogP contribution < -0.4 is 11.1 Å². The van der Waals surface area contributed by atoms with Gasteiger partial charge < -0.3 is 20.7 Å². The third kappa shape index (κ3) is 6.25. The van der Waals surface area contributed by atoms with Crippen molar-refractivity contribution < 1.29 is 23.1 Å². The number of rotatable bonds is 8. The highest BCUT2D eigenvalue weighted by Gasteiger charge is 2.26. The molecular weight excluding hydrogens is 272 g/mol. The molecule has 1 aliphatic rings. The van der Waals surface area contributed by atoms with E-state index in [-0.39, 0.29) is 31.5 Å². The Bertz CT molecular complexity index is 323. The molecule has 6 nitrogen and oxygen atoms in total. The van der Waals surface area contributed by atoms with Crippen LogP contribution in [0.2, 0.25) is 0 Å². The summed E-state index contributed by atoms with van der Waals surface area (Å²) in [4.78, 5) is 24.5. The number of carbonyl (C=O) groups is 2. The van der Waals surface area contributed by atoms with Gasteiger partial charge in [-0.1, -0.05) is 0 Å². The molecule has 1 atom stereocenters. The monoisotopic (exact) mass is 293 g/mol. The van der Waals surface area contributed by atoms with Crippen LogP contribution >= 0.6 is 0 Å². The number of nitrogens with two attached hydrogens (primary N) is 1. The second-order valence-corrected chi connectivity index (χ2v) is 4.70. The Labute approximate surface area is 116 Å². The normalized spacial score (nSPS) is 19.1. The molecule has 0 spiro atoms. The summed E-state index contributed by atoms with van der Waals surface area (Å²) in [6.07, 6.45) is -0.871. The molecule has 1 fully saturated rings. The van der Waals surface area contributed by atoms with Gasteiger partial charge in [-0.3, -0.25) is 9.59 Å². The smallest absolute Gasteiger partial charge is 0.261 e. The second-order valence-electron chi connectivity index (χ2n) is 4.70. The average molecular weight is 293 g/mol. The molecule has 0 bridgehead atoms. The van der Waals surface area contributed by atoms with Gasteiger partial charge in [-0.15, -0.1) is 0 Å². The molecule has 2 amide bonds. The van der Waals surface area contributed by atoms with Crippen LogP contribution in [0.5, 0.6) is 0 Å². The first kappa shape index (κ1) is 16.8. The Morgan fingerprint density at radius 2 is 2.20 bits per heavy atom. The van der Waals surface area contributed by atoms with E-state index in [1.165, 1.54) is 4.90 Å². The van der Waals surface area contributed by atoms with Gasteiger partial charge in [0.1, 0.15) is 6.61 Å². The number of ether oxygens (including phenoxy) is 1. The number of primary amides is 1. The summed E-state index contributed by atoms with van der Waals surface area (Å²) in [5.74, 6) is -0.885. The van der Waals surface area contributed by atoms with E-state index < -0.39 is 18.9 Å². The van der Waals surface area contributed by atoms with Gasteiger partial charge in [0.25, 0.3) is 6.43 Å². The lowest BCUT2D eigenvalue weighted by Gasteiger charge is -2.34. The van der Waals surface area contributed by atoms with Crippen molar-refractivity contribution in [1.82, 2.24) is 10.2 Å². The van der Waals surface area contributed by atoms with Gasteiger partial charge in [-0.05, 0) is 19.4 Å². The van der Waals surface area contributed by atoms with Crippen LogP contribution in [0.25, 0.3) is 0 Å². The van der Waals surface area contributed by atoms with Gasteiger partial charge in [0.05, 0.1) is 19.6 Å². The molecule has 1 aliphatic heterocycles. The van der Waals surface area contributed by atoms with Crippen molar-refractivity contribution in [3.63, 3.8) is 0 Å². The minimum absolute atomic E-state index is 0.0312. The zero-order chi connectivity index (χ0) is 15.0. The van der Waals surface area contributed by atoms with Crippen molar-refractivity contribution in [2.75, 3.05) is 32.8 Å². The van der Waals surface area contributed by atoms with Gasteiger partial charge in [-0.2, -0.15) is 0 Å². The number of hydrogen-bond donors (Lipinski definition) is 2. The highest BCUT2D eigenvalue weighted by atomic mass is 19.3. The van der Waals surface area contributed by atoms with E-state index in [9.17, 15) is 18.4 Å². The van der Waals surface area contributed by atoms with Crippen LogP contribution in [0.15, 0.2) is 0 Å². The molecule has 1 rings (SSSR count). The number of alkyl halides is 2. The Kier molecular flexibility index (Phi) is 7.38. The van der Waals surface area contributed by atoms with Gasteiger partial charge >= 0.3 is 0 Å². The molecule has 1 unspecified atom stereocenters. The summed E-state index contributed by atoms with van der Waals surface area (Å²) in [5, 5.41) is 3.15. The third-order valence-electron chi connectivity index (χ3n) is 3.06. The van der Waals surface area contributed by atoms with Crippen molar-refractivity contribution in [2.24, 2.45) is 5.73 Å². The van der Waals surface area contributed by atoms with Gasteiger partial charge in [0.15, 0.2) is 0 Å². The van der Waals surface area contributed by atoms with Gasteiger partial charge in [0, 0.05) is 12.6 Å². The van der Waals surface area contributed by atoms with Crippen molar-refractivity contribution in [1.29, 1.82) is 0 Å². The molecule has 0 saturated carbocycles. The Balaban J connectivity index is 2.44. The van der Waals surface area contributed by atoms with Gasteiger partial charge in [0.2, 0.25) is 11.8 Å². The number of carbonyl (C=O) groups excluding carboxylic acids is 2. The molecule has 3 N–H and O–H groups in total. The van der Waals surface area contributed by atoms with E-state index in [1.807, 2.05) is 0 Å². The summed E-state index contributed by atoms with van der Waals surface area (Å²) in [5.41, 5.74) is 5.15. The maximum atomic E-state index is 12.0. The number of hydrogen-bond acceptors (Lipinski definition) is 4. The molecule has 1 heterocycles. The highest BCUT2D eigenvalue weighted by Crippen LogP contribution is 2.11. The molecule has 8 heteroatoms. The fourth-order valence-corrected chi connectivity index (χ4v) is 2.16. The van der Waals surface area contributed by atoms with E-state index in [2.05, 4.69) is 10.1 Å². The lowest BCUT2D eigenvalue weighted by atomic mass is 10.1. The summed E-state index contributed by atoms with van der Waals surface area (Å²) >= 11 is 0. The maximum Gasteiger partial charge on any atom is 0.261 e. The van der Waals surface area contributed by atoms with Crippen LogP contribution in [-0.4, -0.2) is 62.0 Å². The minimum atomic E-state index is -2.55. The minimum Gasteiger partial charge on any atom is -0.375 e. The van der Waals surface area contributed by atoms with E-state index in [0.29, 0.717) is 6.54 Å². The van der Waals surface area contributed by atoms with Gasteiger partial charge in [-0.25, -0.2) is 8.78 Å². The SMILES string of the molecule is NC(=O)CN(C(=O)CCOCC(F)F)C1CCCNC1. The molecule has 1 saturated heterocycles. The second kappa shape index (κ2) is 8.80. The maximum absolute atomic E-state index is 12.0. The Morgan fingerprint density at radius 3 is 2.75 bits per heavy atom. The zero-order valence-corrected chi connectivity index (χ0v) is 11.3. The van der Waals surface area contributed by atoms with Crippen molar-refractivity contribution in [3.8, 4) is 0 Å². The average Bonchev–Trinajstić information content (AvgIpc) is 2.41. The summed E-state index contributed by atoms with van der Waals surface area (Å²) < 4.78 is 28.5. The highest BCUT2D eigenvalue weighted by molar-refractivity contribution is 5.84. The predicted octanol–water partition coefficient (Wildman–Crippen LogP) is -0.276. The van der Waals surface area contributed by atoms with Crippen LogP contribution in [0.1, 0.15) is 19.3 Å². The van der Waals surface area contributed by atoms with E-state index in [4.69, 9.17) is 5.73 Å². The third-order valence-corrected chi connectivity index (χ3v) is 3.06. The van der Waals surface area contributed by atoms with E-state index in [1.54, 1.807) is 0 Å². The zero-order valence-electron chi connectivity index (χ0n) is 11.3. The van der Waals surface area contributed by atoms with Crippen LogP contribution in [0, 0.1) is 0 Å². The topological polar surface area (TPSA) is 84.7 Å². The molecule has 0 radical (unpaired) electrons. The Hall–Kier alpha value is -1.28. The lowest BCUT2D eigenvalue weighted by molar-refractivity contribution is -0.139. The van der Waals surface area contributed by atoms with Crippen LogP contribution in [0.4, 0.5) is 8.78 Å². The number of halogens is 2. The number of nitrogens with one attached hydrogen (secondary N) is 1.